The molecule has 2 aromatic carbocycles. The van der Waals surface area contributed by atoms with Crippen molar-refractivity contribution in [3.05, 3.63) is 53.6 Å². The molecule has 0 aliphatic carbocycles. The first kappa shape index (κ1) is 21.6. The molecular weight excluding hydrogens is 352 g/mol. The third-order valence-electron chi connectivity index (χ3n) is 3.96. The fourth-order valence-corrected chi connectivity index (χ4v) is 2.40. The first-order chi connectivity index (χ1) is 12.0. The number of nitrogen functional groups attached to an aromatic ring is 1. The molecule has 0 aromatic heterocycles. The van der Waals surface area contributed by atoms with Crippen molar-refractivity contribution < 1.29 is 14.3 Å². The molecule has 0 aliphatic heterocycles. The molecule has 5 nitrogen and oxygen atoms in total. The minimum absolute atomic E-state index is 0. The van der Waals surface area contributed by atoms with Crippen molar-refractivity contribution in [1.82, 2.24) is 5.32 Å². The maximum atomic E-state index is 12.3. The molecule has 1 unspecified atom stereocenters. The summed E-state index contributed by atoms with van der Waals surface area (Å²) in [5, 5.41) is 2.98. The first-order valence-corrected chi connectivity index (χ1v) is 8.52. The number of benzene rings is 2. The molecule has 2 aromatic rings. The van der Waals surface area contributed by atoms with Crippen LogP contribution in [-0.4, -0.2) is 19.6 Å². The highest BCUT2D eigenvalue weighted by Gasteiger charge is 2.14. The molecular formula is C20H27ClN2O3. The van der Waals surface area contributed by atoms with Gasteiger partial charge in [0.2, 0.25) is 0 Å². The minimum Gasteiger partial charge on any atom is -0.493 e. The summed E-state index contributed by atoms with van der Waals surface area (Å²) in [5.74, 6) is 1.24. The second-order valence-corrected chi connectivity index (χ2v) is 5.93. The number of ether oxygens (including phenoxy) is 2. The molecule has 0 saturated carbocycles. The summed E-state index contributed by atoms with van der Waals surface area (Å²) in [5.41, 5.74) is 7.81. The number of nitrogens with two attached hydrogens (primary N) is 1. The largest absolute Gasteiger partial charge is 0.493 e. The van der Waals surface area contributed by atoms with Crippen molar-refractivity contribution in [2.75, 3.05) is 19.5 Å². The number of anilines is 1. The first-order valence-electron chi connectivity index (χ1n) is 8.52. The van der Waals surface area contributed by atoms with Crippen LogP contribution in [0.5, 0.6) is 11.5 Å². The summed E-state index contributed by atoms with van der Waals surface area (Å²) in [6.07, 6.45) is 2.08. The van der Waals surface area contributed by atoms with Crippen LogP contribution in [0.25, 0.3) is 0 Å². The van der Waals surface area contributed by atoms with Crippen molar-refractivity contribution >= 4 is 24.0 Å². The summed E-state index contributed by atoms with van der Waals surface area (Å²) in [6, 6.07) is 12.4. The van der Waals surface area contributed by atoms with Gasteiger partial charge in [-0.3, -0.25) is 4.79 Å². The average molecular weight is 379 g/mol. The Kier molecular flexibility index (Phi) is 8.79. The highest BCUT2D eigenvalue weighted by molar-refractivity contribution is 5.94. The monoisotopic (exact) mass is 378 g/mol. The highest BCUT2D eigenvalue weighted by Crippen LogP contribution is 2.30. The third kappa shape index (κ3) is 5.85. The van der Waals surface area contributed by atoms with Crippen LogP contribution in [0.3, 0.4) is 0 Å². The second-order valence-electron chi connectivity index (χ2n) is 5.93. The summed E-state index contributed by atoms with van der Waals surface area (Å²) in [6.45, 7) is 4.71. The Hall–Kier alpha value is -2.40. The minimum atomic E-state index is -0.163. The molecule has 0 fully saturated rings. The van der Waals surface area contributed by atoms with E-state index in [1.807, 2.05) is 25.1 Å². The number of carbonyl (C=O) groups excluding carboxylic acids is 1. The van der Waals surface area contributed by atoms with Crippen LogP contribution in [0.1, 0.15) is 48.7 Å². The van der Waals surface area contributed by atoms with Crippen LogP contribution < -0.4 is 20.5 Å². The van der Waals surface area contributed by atoms with Crippen molar-refractivity contribution in [3.8, 4) is 11.5 Å². The van der Waals surface area contributed by atoms with Gasteiger partial charge in [0.25, 0.3) is 5.91 Å². The Labute approximate surface area is 161 Å². The number of unbranched alkanes of at least 4 members (excludes halogenated alkanes) is 1. The smallest absolute Gasteiger partial charge is 0.251 e. The van der Waals surface area contributed by atoms with Gasteiger partial charge >= 0.3 is 0 Å². The zero-order chi connectivity index (χ0) is 18.2. The maximum absolute atomic E-state index is 12.3. The van der Waals surface area contributed by atoms with Gasteiger partial charge < -0.3 is 20.5 Å². The summed E-state index contributed by atoms with van der Waals surface area (Å²) in [7, 11) is 1.61. The van der Waals surface area contributed by atoms with Gasteiger partial charge in [-0.25, -0.2) is 0 Å². The van der Waals surface area contributed by atoms with Crippen molar-refractivity contribution in [2.24, 2.45) is 0 Å². The number of halogens is 1. The van der Waals surface area contributed by atoms with Crippen molar-refractivity contribution in [3.63, 3.8) is 0 Å². The number of rotatable bonds is 8. The zero-order valence-electron chi connectivity index (χ0n) is 15.5. The second kappa shape index (κ2) is 10.6. The van der Waals surface area contributed by atoms with E-state index in [0.29, 0.717) is 23.6 Å². The molecule has 6 heteroatoms. The van der Waals surface area contributed by atoms with E-state index in [4.69, 9.17) is 15.2 Å². The Morgan fingerprint density at radius 2 is 1.85 bits per heavy atom. The normalized spacial score (nSPS) is 11.2. The number of hydrogen-bond donors (Lipinski definition) is 2. The van der Waals surface area contributed by atoms with E-state index in [9.17, 15) is 4.79 Å². The number of nitrogens with one attached hydrogen (secondary N) is 1. The number of amides is 1. The summed E-state index contributed by atoms with van der Waals surface area (Å²) >= 11 is 0. The molecule has 142 valence electrons. The number of methoxy groups -OCH3 is 1. The summed E-state index contributed by atoms with van der Waals surface area (Å²) in [4.78, 5) is 12.3. The fraction of sp³-hybridized carbons (Fsp3) is 0.350. The van der Waals surface area contributed by atoms with E-state index >= 15 is 0 Å². The third-order valence-corrected chi connectivity index (χ3v) is 3.96. The molecule has 26 heavy (non-hydrogen) atoms. The van der Waals surface area contributed by atoms with Crippen molar-refractivity contribution in [2.45, 2.75) is 32.7 Å². The maximum Gasteiger partial charge on any atom is 0.251 e. The van der Waals surface area contributed by atoms with E-state index in [-0.39, 0.29) is 24.4 Å². The van der Waals surface area contributed by atoms with Gasteiger partial charge in [-0.05, 0) is 55.3 Å². The number of hydrogen-bond acceptors (Lipinski definition) is 4. The molecule has 0 radical (unpaired) electrons. The Morgan fingerprint density at radius 1 is 1.15 bits per heavy atom. The Balaban J connectivity index is 0.00000338. The topological polar surface area (TPSA) is 73.6 Å². The van der Waals surface area contributed by atoms with E-state index in [0.717, 1.165) is 24.2 Å². The van der Waals surface area contributed by atoms with Gasteiger partial charge in [0.05, 0.1) is 19.8 Å². The number of carbonyl (C=O) groups is 1. The van der Waals surface area contributed by atoms with Gasteiger partial charge in [-0.2, -0.15) is 0 Å². The molecule has 3 N–H and O–H groups in total. The van der Waals surface area contributed by atoms with Gasteiger partial charge in [0.1, 0.15) is 0 Å². The molecule has 0 aliphatic rings. The molecule has 0 heterocycles. The lowest BCUT2D eigenvalue weighted by atomic mass is 10.1. The molecule has 0 spiro atoms. The lowest BCUT2D eigenvalue weighted by molar-refractivity contribution is 0.0940. The van der Waals surface area contributed by atoms with Gasteiger partial charge in [-0.1, -0.05) is 19.4 Å². The summed E-state index contributed by atoms with van der Waals surface area (Å²) < 4.78 is 11.2. The SMILES string of the molecule is CCCCOc1ccc(C(C)NC(=O)c2ccc(N)cc2)cc1OC.Cl. The molecule has 0 saturated heterocycles. The van der Waals surface area contributed by atoms with Gasteiger partial charge in [0, 0.05) is 11.3 Å². The fourth-order valence-electron chi connectivity index (χ4n) is 2.40. The van der Waals surface area contributed by atoms with Crippen LogP contribution in [-0.2, 0) is 0 Å². The molecule has 0 bridgehead atoms. The van der Waals surface area contributed by atoms with Crippen LogP contribution in [0.4, 0.5) is 5.69 Å². The van der Waals surface area contributed by atoms with Crippen LogP contribution in [0, 0.1) is 0 Å². The predicted octanol–water partition coefficient (Wildman–Crippen LogP) is 4.37. The zero-order valence-corrected chi connectivity index (χ0v) is 16.3. The Morgan fingerprint density at radius 3 is 2.46 bits per heavy atom. The van der Waals surface area contributed by atoms with Crippen LogP contribution >= 0.6 is 12.4 Å². The van der Waals surface area contributed by atoms with E-state index in [1.54, 1.807) is 31.4 Å². The van der Waals surface area contributed by atoms with E-state index in [1.165, 1.54) is 0 Å². The standard InChI is InChI=1S/C20H26N2O3.ClH/c1-4-5-12-25-18-11-8-16(13-19(18)24-3)14(2)22-20(23)15-6-9-17(21)10-7-15;/h6-11,13-14H,4-5,12,21H2,1-3H3,(H,22,23);1H. The lowest BCUT2D eigenvalue weighted by Gasteiger charge is -2.17. The van der Waals surface area contributed by atoms with E-state index < -0.39 is 0 Å². The van der Waals surface area contributed by atoms with Gasteiger partial charge in [0.15, 0.2) is 11.5 Å². The predicted molar refractivity (Wildman–Crippen MR) is 107 cm³/mol. The lowest BCUT2D eigenvalue weighted by Crippen LogP contribution is -2.26. The van der Waals surface area contributed by atoms with Crippen LogP contribution in [0.15, 0.2) is 42.5 Å². The molecule has 2 rings (SSSR count). The van der Waals surface area contributed by atoms with Crippen molar-refractivity contribution in [1.29, 1.82) is 0 Å². The molecule has 1 amide bonds. The average Bonchev–Trinajstić information content (AvgIpc) is 2.62. The van der Waals surface area contributed by atoms with Gasteiger partial charge in [-0.15, -0.1) is 12.4 Å². The highest BCUT2D eigenvalue weighted by atomic mass is 35.5. The Bertz CT molecular complexity index is 705. The van der Waals surface area contributed by atoms with E-state index in [2.05, 4.69) is 12.2 Å². The quantitative estimate of drug-likeness (QED) is 0.528. The molecule has 1 atom stereocenters. The van der Waals surface area contributed by atoms with Crippen LogP contribution in [0.2, 0.25) is 0 Å².